The summed E-state index contributed by atoms with van der Waals surface area (Å²) in [6.07, 6.45) is 1.18. The standard InChI is InChI=1S/C12H21N3O3/c1-15(8-10-7-13-4-5-18-10)12(17)9-2-3-11(16)14-6-9/h9-10,13H,2-8H2,1H3,(H,14,16). The molecule has 0 aliphatic carbocycles. The Hall–Kier alpha value is -1.14. The number of carbonyl (C=O) groups excluding carboxylic acids is 2. The van der Waals surface area contributed by atoms with Crippen molar-refractivity contribution in [1.29, 1.82) is 0 Å². The van der Waals surface area contributed by atoms with Crippen LogP contribution in [0.1, 0.15) is 12.8 Å². The smallest absolute Gasteiger partial charge is 0.227 e. The molecule has 2 heterocycles. The average molecular weight is 255 g/mol. The Balaban J connectivity index is 1.78. The highest BCUT2D eigenvalue weighted by atomic mass is 16.5. The molecule has 102 valence electrons. The van der Waals surface area contributed by atoms with Gasteiger partial charge in [0.15, 0.2) is 0 Å². The highest BCUT2D eigenvalue weighted by Crippen LogP contribution is 2.14. The Morgan fingerprint density at radius 3 is 2.94 bits per heavy atom. The number of likely N-dealkylation sites (N-methyl/N-ethyl adjacent to an activating group) is 1. The summed E-state index contributed by atoms with van der Waals surface area (Å²) < 4.78 is 5.58. The van der Waals surface area contributed by atoms with Gasteiger partial charge in [-0.2, -0.15) is 0 Å². The first kappa shape index (κ1) is 13.3. The maximum atomic E-state index is 12.2. The summed E-state index contributed by atoms with van der Waals surface area (Å²) in [7, 11) is 1.80. The summed E-state index contributed by atoms with van der Waals surface area (Å²) in [6, 6.07) is 0. The van der Waals surface area contributed by atoms with Crippen LogP contribution in [0.5, 0.6) is 0 Å². The molecular formula is C12H21N3O3. The lowest BCUT2D eigenvalue weighted by Crippen LogP contribution is -2.49. The molecule has 0 radical (unpaired) electrons. The number of carbonyl (C=O) groups is 2. The Labute approximate surface area is 107 Å². The molecule has 2 aliphatic heterocycles. The summed E-state index contributed by atoms with van der Waals surface area (Å²) in [5.41, 5.74) is 0. The van der Waals surface area contributed by atoms with Crippen LogP contribution in [0.2, 0.25) is 0 Å². The predicted octanol–water partition coefficient (Wildman–Crippen LogP) is -1.04. The Morgan fingerprint density at radius 1 is 1.50 bits per heavy atom. The lowest BCUT2D eigenvalue weighted by atomic mass is 9.97. The van der Waals surface area contributed by atoms with Crippen molar-refractivity contribution in [2.45, 2.75) is 18.9 Å². The minimum absolute atomic E-state index is 0.0431. The predicted molar refractivity (Wildman–Crippen MR) is 66.0 cm³/mol. The summed E-state index contributed by atoms with van der Waals surface area (Å²) in [5.74, 6) is 0.0648. The van der Waals surface area contributed by atoms with Gasteiger partial charge < -0.3 is 20.3 Å². The number of nitrogens with one attached hydrogen (secondary N) is 2. The molecule has 0 spiro atoms. The molecular weight excluding hydrogens is 234 g/mol. The van der Waals surface area contributed by atoms with Crippen molar-refractivity contribution in [2.24, 2.45) is 5.92 Å². The first-order valence-corrected chi connectivity index (χ1v) is 6.51. The molecule has 0 bridgehead atoms. The van der Waals surface area contributed by atoms with Gasteiger partial charge in [0.1, 0.15) is 0 Å². The van der Waals surface area contributed by atoms with Crippen molar-refractivity contribution in [2.75, 3.05) is 39.8 Å². The maximum absolute atomic E-state index is 12.2. The molecule has 0 saturated carbocycles. The summed E-state index contributed by atoms with van der Waals surface area (Å²) in [6.45, 7) is 3.44. The molecule has 2 fully saturated rings. The fraction of sp³-hybridized carbons (Fsp3) is 0.833. The van der Waals surface area contributed by atoms with Gasteiger partial charge in [-0.1, -0.05) is 0 Å². The molecule has 6 heteroatoms. The van der Waals surface area contributed by atoms with Gasteiger partial charge in [-0.25, -0.2) is 0 Å². The third-order valence-electron chi connectivity index (χ3n) is 3.47. The molecule has 2 aliphatic rings. The largest absolute Gasteiger partial charge is 0.374 e. The molecule has 2 rings (SSSR count). The molecule has 2 N–H and O–H groups in total. The second-order valence-corrected chi connectivity index (χ2v) is 4.96. The van der Waals surface area contributed by atoms with Gasteiger partial charge in [-0.05, 0) is 6.42 Å². The van der Waals surface area contributed by atoms with Crippen LogP contribution in [-0.2, 0) is 14.3 Å². The van der Waals surface area contributed by atoms with E-state index < -0.39 is 0 Å². The van der Waals surface area contributed by atoms with Crippen molar-refractivity contribution < 1.29 is 14.3 Å². The molecule has 2 atom stereocenters. The Bertz CT molecular complexity index is 306. The Morgan fingerprint density at radius 2 is 2.33 bits per heavy atom. The second-order valence-electron chi connectivity index (χ2n) is 4.96. The zero-order chi connectivity index (χ0) is 13.0. The molecule has 2 amide bonds. The highest BCUT2D eigenvalue weighted by Gasteiger charge is 2.28. The van der Waals surface area contributed by atoms with Gasteiger partial charge in [0.25, 0.3) is 0 Å². The lowest BCUT2D eigenvalue weighted by molar-refractivity contribution is -0.138. The fourth-order valence-corrected chi connectivity index (χ4v) is 2.39. The highest BCUT2D eigenvalue weighted by molar-refractivity contribution is 5.83. The van der Waals surface area contributed by atoms with E-state index in [0.29, 0.717) is 32.5 Å². The van der Waals surface area contributed by atoms with E-state index in [4.69, 9.17) is 4.74 Å². The topological polar surface area (TPSA) is 70.7 Å². The molecule has 0 aromatic heterocycles. The number of amides is 2. The van der Waals surface area contributed by atoms with Crippen LogP contribution in [-0.4, -0.2) is 62.7 Å². The van der Waals surface area contributed by atoms with Crippen LogP contribution in [0.25, 0.3) is 0 Å². The SMILES string of the molecule is CN(CC1CNCCO1)C(=O)C1CCC(=O)NC1. The second kappa shape index (κ2) is 6.15. The Kier molecular flexibility index (Phi) is 4.54. The quantitative estimate of drug-likeness (QED) is 0.676. The van der Waals surface area contributed by atoms with Crippen molar-refractivity contribution >= 4 is 11.8 Å². The lowest BCUT2D eigenvalue weighted by Gasteiger charge is -2.31. The summed E-state index contributed by atoms with van der Waals surface area (Å²) in [4.78, 5) is 25.0. The minimum atomic E-state index is -0.0794. The first-order chi connectivity index (χ1) is 8.66. The average Bonchev–Trinajstić information content (AvgIpc) is 2.40. The van der Waals surface area contributed by atoms with Gasteiger partial charge in [-0.3, -0.25) is 9.59 Å². The van der Waals surface area contributed by atoms with E-state index >= 15 is 0 Å². The van der Waals surface area contributed by atoms with E-state index in [1.807, 2.05) is 0 Å². The first-order valence-electron chi connectivity index (χ1n) is 6.51. The summed E-state index contributed by atoms with van der Waals surface area (Å²) in [5, 5.41) is 5.99. The van der Waals surface area contributed by atoms with E-state index in [1.165, 1.54) is 0 Å². The summed E-state index contributed by atoms with van der Waals surface area (Å²) >= 11 is 0. The number of rotatable bonds is 3. The number of nitrogens with zero attached hydrogens (tertiary/aromatic N) is 1. The van der Waals surface area contributed by atoms with Gasteiger partial charge in [0.05, 0.1) is 18.6 Å². The van der Waals surface area contributed by atoms with Gasteiger partial charge in [0, 0.05) is 39.6 Å². The van der Waals surface area contributed by atoms with Crippen LogP contribution in [0, 0.1) is 5.92 Å². The van der Waals surface area contributed by atoms with Crippen LogP contribution in [0.15, 0.2) is 0 Å². The zero-order valence-corrected chi connectivity index (χ0v) is 10.8. The van der Waals surface area contributed by atoms with Crippen molar-refractivity contribution in [3.8, 4) is 0 Å². The third-order valence-corrected chi connectivity index (χ3v) is 3.47. The van der Waals surface area contributed by atoms with E-state index in [9.17, 15) is 9.59 Å². The maximum Gasteiger partial charge on any atom is 0.227 e. The normalized spacial score (nSPS) is 28.6. The van der Waals surface area contributed by atoms with E-state index in [0.717, 1.165) is 13.1 Å². The van der Waals surface area contributed by atoms with Crippen LogP contribution in [0.4, 0.5) is 0 Å². The minimum Gasteiger partial charge on any atom is -0.374 e. The van der Waals surface area contributed by atoms with E-state index in [1.54, 1.807) is 11.9 Å². The number of morpholine rings is 1. The van der Waals surface area contributed by atoms with Crippen LogP contribution >= 0.6 is 0 Å². The van der Waals surface area contributed by atoms with Crippen LogP contribution in [0.3, 0.4) is 0 Å². The monoisotopic (exact) mass is 255 g/mol. The van der Waals surface area contributed by atoms with Crippen molar-refractivity contribution in [3.63, 3.8) is 0 Å². The third kappa shape index (κ3) is 3.43. The van der Waals surface area contributed by atoms with Crippen molar-refractivity contribution in [1.82, 2.24) is 15.5 Å². The van der Waals surface area contributed by atoms with Gasteiger partial charge >= 0.3 is 0 Å². The number of ether oxygens (including phenoxy) is 1. The van der Waals surface area contributed by atoms with Gasteiger partial charge in [0.2, 0.25) is 11.8 Å². The molecule has 2 saturated heterocycles. The van der Waals surface area contributed by atoms with E-state index in [-0.39, 0.29) is 23.8 Å². The number of hydrogen-bond donors (Lipinski definition) is 2. The molecule has 0 aromatic carbocycles. The number of piperidine rings is 1. The molecule has 6 nitrogen and oxygen atoms in total. The van der Waals surface area contributed by atoms with Crippen molar-refractivity contribution in [3.05, 3.63) is 0 Å². The van der Waals surface area contributed by atoms with Gasteiger partial charge in [-0.15, -0.1) is 0 Å². The fourth-order valence-electron chi connectivity index (χ4n) is 2.39. The molecule has 2 unspecified atom stereocenters. The number of hydrogen-bond acceptors (Lipinski definition) is 4. The zero-order valence-electron chi connectivity index (χ0n) is 10.8. The molecule has 18 heavy (non-hydrogen) atoms. The van der Waals surface area contributed by atoms with Crippen LogP contribution < -0.4 is 10.6 Å². The van der Waals surface area contributed by atoms with E-state index in [2.05, 4.69) is 10.6 Å². The molecule has 0 aromatic rings.